The molecule has 182 valence electrons. The molecule has 3 aromatic rings. The fourth-order valence-corrected chi connectivity index (χ4v) is 2.79. The molecule has 10 nitrogen and oxygen atoms in total. The van der Waals surface area contributed by atoms with Crippen molar-refractivity contribution in [3.63, 3.8) is 0 Å². The molecule has 34 heavy (non-hydrogen) atoms. The summed E-state index contributed by atoms with van der Waals surface area (Å²) in [5.41, 5.74) is 1.19. The predicted molar refractivity (Wildman–Crippen MR) is 110 cm³/mol. The summed E-state index contributed by atoms with van der Waals surface area (Å²) < 4.78 is 52.7. The second kappa shape index (κ2) is 9.89. The van der Waals surface area contributed by atoms with Crippen LogP contribution in [-0.4, -0.2) is 55.4 Å². The van der Waals surface area contributed by atoms with Crippen molar-refractivity contribution in [3.05, 3.63) is 52.5 Å². The molecule has 14 heteroatoms. The summed E-state index contributed by atoms with van der Waals surface area (Å²) in [6.07, 6.45) is 2.01. The molecule has 0 atom stereocenters. The molecule has 0 aliphatic heterocycles. The number of fused-ring (bicyclic) bond motifs is 1. The molecular weight excluding hydrogens is 466 g/mol. The monoisotopic (exact) mass is 485 g/mol. The van der Waals surface area contributed by atoms with Gasteiger partial charge < -0.3 is 19.7 Å². The minimum atomic E-state index is -5.08. The number of nitrogens with one attached hydrogen (secondary N) is 1. The van der Waals surface area contributed by atoms with Crippen molar-refractivity contribution in [1.82, 2.24) is 18.9 Å². The first kappa shape index (κ1) is 24.7. The molecule has 0 bridgehead atoms. The van der Waals surface area contributed by atoms with Gasteiger partial charge in [-0.3, -0.25) is 14.0 Å². The summed E-state index contributed by atoms with van der Waals surface area (Å²) in [5, 5.41) is 9.68. The van der Waals surface area contributed by atoms with E-state index in [4.69, 9.17) is 14.6 Å². The van der Waals surface area contributed by atoms with Crippen LogP contribution in [0, 0.1) is 0 Å². The summed E-state index contributed by atoms with van der Waals surface area (Å²) in [4.78, 5) is 42.3. The zero-order valence-corrected chi connectivity index (χ0v) is 17.7. The van der Waals surface area contributed by atoms with E-state index in [2.05, 4.69) is 15.3 Å². The molecule has 1 aliphatic carbocycles. The van der Waals surface area contributed by atoms with Crippen LogP contribution in [0.2, 0.25) is 0 Å². The number of alkyl halides is 4. The van der Waals surface area contributed by atoms with E-state index >= 15 is 0 Å². The highest BCUT2D eigenvalue weighted by molar-refractivity contribution is 6.02. The minimum absolute atomic E-state index is 0.0435. The summed E-state index contributed by atoms with van der Waals surface area (Å²) in [5.74, 6) is -2.82. The van der Waals surface area contributed by atoms with Gasteiger partial charge in [-0.2, -0.15) is 13.2 Å². The largest absolute Gasteiger partial charge is 0.490 e. The van der Waals surface area contributed by atoms with Crippen molar-refractivity contribution >= 4 is 23.2 Å². The van der Waals surface area contributed by atoms with Crippen LogP contribution in [0.5, 0.6) is 5.88 Å². The molecule has 0 radical (unpaired) electrons. The Morgan fingerprint density at radius 1 is 1.26 bits per heavy atom. The zero-order chi connectivity index (χ0) is 25.0. The van der Waals surface area contributed by atoms with Crippen molar-refractivity contribution in [2.45, 2.75) is 24.9 Å². The smallest absolute Gasteiger partial charge is 0.475 e. The summed E-state index contributed by atoms with van der Waals surface area (Å²) >= 11 is 0. The van der Waals surface area contributed by atoms with Crippen LogP contribution in [0.3, 0.4) is 0 Å². The van der Waals surface area contributed by atoms with Gasteiger partial charge >= 0.3 is 12.1 Å². The quantitative estimate of drug-likeness (QED) is 0.514. The first-order valence-electron chi connectivity index (χ1n) is 9.86. The number of aryl methyl sites for hydroxylation is 1. The van der Waals surface area contributed by atoms with Gasteiger partial charge in [0.25, 0.3) is 17.3 Å². The van der Waals surface area contributed by atoms with Gasteiger partial charge in [0.1, 0.15) is 24.7 Å². The third-order valence-electron chi connectivity index (χ3n) is 4.58. The molecule has 2 N–H and O–H groups in total. The van der Waals surface area contributed by atoms with Crippen molar-refractivity contribution in [1.29, 1.82) is 0 Å². The zero-order valence-electron chi connectivity index (χ0n) is 17.7. The second-order valence-corrected chi connectivity index (χ2v) is 7.23. The molecule has 3 heterocycles. The number of carbonyl (C=O) groups excluding carboxylic acids is 1. The van der Waals surface area contributed by atoms with Crippen LogP contribution in [-0.2, 0) is 11.8 Å². The molecule has 0 unspecified atom stereocenters. The third-order valence-corrected chi connectivity index (χ3v) is 4.58. The molecule has 1 aliphatic rings. The number of ether oxygens (including phenoxy) is 1. The van der Waals surface area contributed by atoms with Gasteiger partial charge in [-0.15, -0.1) is 0 Å². The lowest BCUT2D eigenvalue weighted by molar-refractivity contribution is -0.192. The third kappa shape index (κ3) is 5.88. The van der Waals surface area contributed by atoms with E-state index in [9.17, 15) is 27.2 Å². The fraction of sp³-hybridized carbons (Fsp3) is 0.350. The maximum absolute atomic E-state index is 12.6. The number of halogens is 4. The molecule has 0 saturated heterocycles. The van der Waals surface area contributed by atoms with Crippen LogP contribution in [0.15, 0.2) is 35.5 Å². The Kier molecular flexibility index (Phi) is 7.17. The highest BCUT2D eigenvalue weighted by Crippen LogP contribution is 2.39. The molecule has 0 aromatic carbocycles. The number of rotatable bonds is 6. The molecule has 3 aromatic heterocycles. The Labute approximate surface area is 188 Å². The summed E-state index contributed by atoms with van der Waals surface area (Å²) in [7, 11) is 1.59. The van der Waals surface area contributed by atoms with Crippen molar-refractivity contribution < 1.29 is 37.0 Å². The lowest BCUT2D eigenvalue weighted by Crippen LogP contribution is -2.24. The molecule has 1 saturated carbocycles. The minimum Gasteiger partial charge on any atom is -0.475 e. The van der Waals surface area contributed by atoms with E-state index in [0.717, 1.165) is 18.5 Å². The van der Waals surface area contributed by atoms with Crippen LogP contribution in [0.25, 0.3) is 5.65 Å². The molecule has 4 rings (SSSR count). The highest BCUT2D eigenvalue weighted by Gasteiger charge is 2.38. The lowest BCUT2D eigenvalue weighted by Gasteiger charge is -2.09. The Morgan fingerprint density at radius 3 is 2.53 bits per heavy atom. The Balaban J connectivity index is 0.000000406. The van der Waals surface area contributed by atoms with Crippen molar-refractivity contribution in [2.75, 3.05) is 18.6 Å². The van der Waals surface area contributed by atoms with Crippen molar-refractivity contribution in [3.8, 4) is 5.88 Å². The van der Waals surface area contributed by atoms with E-state index in [1.54, 1.807) is 23.7 Å². The van der Waals surface area contributed by atoms with Gasteiger partial charge in [-0.05, 0) is 25.0 Å². The Hall–Kier alpha value is -3.97. The number of hydrogen-bond donors (Lipinski definition) is 2. The van der Waals surface area contributed by atoms with E-state index < -0.39 is 24.7 Å². The molecular formula is C20H19F4N5O5. The van der Waals surface area contributed by atoms with Gasteiger partial charge in [-0.1, -0.05) is 0 Å². The van der Waals surface area contributed by atoms with Crippen LogP contribution in [0.1, 0.15) is 34.9 Å². The SMILES string of the molecule is Cn1cccc(NC(=O)c2cn3cc(C4CC4)nc3c(OCCF)n2)c1=O.O=C(O)C(F)(F)F. The predicted octanol–water partition coefficient (Wildman–Crippen LogP) is 2.54. The summed E-state index contributed by atoms with van der Waals surface area (Å²) in [6, 6.07) is 3.17. The van der Waals surface area contributed by atoms with E-state index in [-0.39, 0.29) is 29.4 Å². The Morgan fingerprint density at radius 2 is 1.94 bits per heavy atom. The number of carboxylic acids is 1. The first-order valence-corrected chi connectivity index (χ1v) is 9.86. The number of nitrogens with zero attached hydrogens (tertiary/aromatic N) is 4. The van der Waals surface area contributed by atoms with Gasteiger partial charge in [-0.25, -0.2) is 19.2 Å². The second-order valence-electron chi connectivity index (χ2n) is 7.23. The number of pyridine rings is 1. The molecule has 1 fully saturated rings. The van der Waals surface area contributed by atoms with E-state index in [1.165, 1.54) is 16.8 Å². The average Bonchev–Trinajstić information content (AvgIpc) is 3.53. The number of carboxylic acid groups (broad SMARTS) is 1. The normalized spacial score (nSPS) is 13.2. The molecule has 0 spiro atoms. The molecule has 1 amide bonds. The first-order chi connectivity index (χ1) is 16.0. The fourth-order valence-electron chi connectivity index (χ4n) is 2.79. The van der Waals surface area contributed by atoms with E-state index in [0.29, 0.717) is 11.6 Å². The maximum atomic E-state index is 12.6. The van der Waals surface area contributed by atoms with Crippen LogP contribution < -0.4 is 15.6 Å². The summed E-state index contributed by atoms with van der Waals surface area (Å²) in [6.45, 7) is -0.862. The number of imidazole rings is 1. The number of hydrogen-bond acceptors (Lipinski definition) is 6. The average molecular weight is 485 g/mol. The van der Waals surface area contributed by atoms with Crippen LogP contribution >= 0.6 is 0 Å². The number of anilines is 1. The van der Waals surface area contributed by atoms with Gasteiger partial charge in [0.2, 0.25) is 5.65 Å². The number of aliphatic carboxylic acids is 1. The number of amides is 1. The lowest BCUT2D eigenvalue weighted by atomic mass is 10.3. The topological polar surface area (TPSA) is 128 Å². The van der Waals surface area contributed by atoms with Gasteiger partial charge in [0.05, 0.1) is 5.69 Å². The number of aromatic nitrogens is 4. The van der Waals surface area contributed by atoms with E-state index in [1.807, 2.05) is 6.20 Å². The van der Waals surface area contributed by atoms with Gasteiger partial charge in [0, 0.05) is 31.6 Å². The van der Waals surface area contributed by atoms with Crippen LogP contribution in [0.4, 0.5) is 23.2 Å². The Bertz CT molecular complexity index is 1270. The van der Waals surface area contributed by atoms with Gasteiger partial charge in [0.15, 0.2) is 0 Å². The maximum Gasteiger partial charge on any atom is 0.490 e. The highest BCUT2D eigenvalue weighted by atomic mass is 19.4. The number of carbonyl (C=O) groups is 2. The standard InChI is InChI=1S/C18H18FN5O3.C2HF3O2/c1-23-7-2-3-12(18(23)26)21-16(25)14-10-24-9-13(11-4-5-11)20-15(24)17(22-14)27-8-6-19;3-2(4,5)1(6)7/h2-3,7,9-11H,4-6,8H2,1H3,(H,21,25);(H,6,7). The van der Waals surface area contributed by atoms with Crippen molar-refractivity contribution in [2.24, 2.45) is 7.05 Å².